The molecule has 102 valence electrons. The van der Waals surface area contributed by atoms with Crippen LogP contribution in [0.1, 0.15) is 5.56 Å². The Morgan fingerprint density at radius 3 is 1.72 bits per heavy atom. The minimum atomic E-state index is -5.96. The predicted molar refractivity (Wildman–Crippen MR) is 51.9 cm³/mol. The van der Waals surface area contributed by atoms with Crippen LogP contribution in [0.2, 0.25) is 5.02 Å². The Morgan fingerprint density at radius 2 is 1.39 bits per heavy atom. The summed E-state index contributed by atoms with van der Waals surface area (Å²) in [7, 11) is 0. The molecule has 0 heterocycles. The van der Waals surface area contributed by atoms with Gasteiger partial charge in [0.25, 0.3) is 5.60 Å². The first-order valence-corrected chi connectivity index (χ1v) is 4.70. The lowest BCUT2D eigenvalue weighted by Gasteiger charge is -2.32. The number of hydrogen-bond acceptors (Lipinski definition) is 2. The maximum Gasteiger partial charge on any atom is 0.430 e. The van der Waals surface area contributed by atoms with Gasteiger partial charge >= 0.3 is 12.4 Å². The second-order valence-corrected chi connectivity index (χ2v) is 3.92. The molecule has 2 nitrogen and oxygen atoms in total. The molecule has 1 aromatic rings. The summed E-state index contributed by atoms with van der Waals surface area (Å²) in [5, 5.41) is 8.59. The Morgan fingerprint density at radius 1 is 0.944 bits per heavy atom. The number of anilines is 1. The lowest BCUT2D eigenvalue weighted by molar-refractivity contribution is -0.376. The van der Waals surface area contributed by atoms with Crippen molar-refractivity contribution in [3.63, 3.8) is 0 Å². The molecule has 0 atom stereocenters. The minimum Gasteiger partial charge on any atom is -0.399 e. The third kappa shape index (κ3) is 2.35. The van der Waals surface area contributed by atoms with Gasteiger partial charge in [-0.25, -0.2) is 0 Å². The van der Waals surface area contributed by atoms with Gasteiger partial charge in [-0.05, 0) is 18.2 Å². The average molecular weight is 294 g/mol. The molecule has 18 heavy (non-hydrogen) atoms. The number of alkyl halides is 6. The number of nitrogen functional groups attached to an aromatic ring is 1. The quantitative estimate of drug-likeness (QED) is 0.617. The summed E-state index contributed by atoms with van der Waals surface area (Å²) >= 11 is 5.33. The molecule has 0 amide bonds. The molecule has 0 saturated carbocycles. The van der Waals surface area contributed by atoms with Crippen LogP contribution in [-0.2, 0) is 5.60 Å². The largest absolute Gasteiger partial charge is 0.430 e. The number of halogens is 7. The molecule has 0 aromatic heterocycles. The highest BCUT2D eigenvalue weighted by molar-refractivity contribution is 6.30. The molecule has 0 saturated heterocycles. The van der Waals surface area contributed by atoms with Gasteiger partial charge in [-0.15, -0.1) is 0 Å². The van der Waals surface area contributed by atoms with Gasteiger partial charge in [0.05, 0.1) is 0 Å². The fraction of sp³-hybridized carbons (Fsp3) is 0.333. The second-order valence-electron chi connectivity index (χ2n) is 3.48. The van der Waals surface area contributed by atoms with Crippen LogP contribution in [0.3, 0.4) is 0 Å². The highest BCUT2D eigenvalue weighted by Crippen LogP contribution is 2.50. The number of aliphatic hydroxyl groups is 1. The van der Waals surface area contributed by atoms with Gasteiger partial charge in [0.2, 0.25) is 0 Å². The lowest BCUT2D eigenvalue weighted by Crippen LogP contribution is -2.53. The SMILES string of the molecule is Nc1cc(Cl)cc(C(O)(C(F)(F)F)C(F)(F)F)c1. The van der Waals surface area contributed by atoms with E-state index in [1.165, 1.54) is 0 Å². The van der Waals surface area contributed by atoms with Crippen molar-refractivity contribution in [2.45, 2.75) is 18.0 Å². The fourth-order valence-corrected chi connectivity index (χ4v) is 1.55. The molecule has 0 radical (unpaired) electrons. The van der Waals surface area contributed by atoms with Gasteiger partial charge in [-0.3, -0.25) is 0 Å². The summed E-state index contributed by atoms with van der Waals surface area (Å²) in [5.74, 6) is 0. The van der Waals surface area contributed by atoms with Crippen molar-refractivity contribution in [3.05, 3.63) is 28.8 Å². The van der Waals surface area contributed by atoms with Gasteiger partial charge in [-0.1, -0.05) is 11.6 Å². The van der Waals surface area contributed by atoms with Crippen molar-refractivity contribution in [2.75, 3.05) is 5.73 Å². The smallest absolute Gasteiger partial charge is 0.399 e. The fourth-order valence-electron chi connectivity index (χ4n) is 1.31. The zero-order chi connectivity index (χ0) is 14.4. The Kier molecular flexibility index (Phi) is 3.48. The van der Waals surface area contributed by atoms with Gasteiger partial charge < -0.3 is 10.8 Å². The van der Waals surface area contributed by atoms with E-state index in [2.05, 4.69) is 0 Å². The van der Waals surface area contributed by atoms with Crippen LogP contribution in [0.4, 0.5) is 32.0 Å². The van der Waals surface area contributed by atoms with E-state index in [9.17, 15) is 26.3 Å². The van der Waals surface area contributed by atoms with Crippen molar-refractivity contribution in [1.82, 2.24) is 0 Å². The van der Waals surface area contributed by atoms with Crippen LogP contribution >= 0.6 is 11.6 Å². The van der Waals surface area contributed by atoms with E-state index < -0.39 is 34.2 Å². The highest BCUT2D eigenvalue weighted by Gasteiger charge is 2.71. The Labute approximate surface area is 102 Å². The van der Waals surface area contributed by atoms with E-state index in [1.54, 1.807) is 0 Å². The van der Waals surface area contributed by atoms with Crippen molar-refractivity contribution in [2.24, 2.45) is 0 Å². The van der Waals surface area contributed by atoms with E-state index in [-0.39, 0.29) is 0 Å². The normalized spacial score (nSPS) is 13.8. The molecule has 0 unspecified atom stereocenters. The van der Waals surface area contributed by atoms with E-state index in [4.69, 9.17) is 22.4 Å². The Bertz CT molecular complexity index is 421. The maximum absolute atomic E-state index is 12.5. The molecule has 3 N–H and O–H groups in total. The topological polar surface area (TPSA) is 46.2 Å². The summed E-state index contributed by atoms with van der Waals surface area (Å²) < 4.78 is 75.0. The zero-order valence-corrected chi connectivity index (χ0v) is 9.16. The zero-order valence-electron chi connectivity index (χ0n) is 8.40. The average Bonchev–Trinajstić information content (AvgIpc) is 2.11. The number of rotatable bonds is 1. The van der Waals surface area contributed by atoms with Crippen molar-refractivity contribution >= 4 is 17.3 Å². The molecule has 0 spiro atoms. The molecule has 1 aromatic carbocycles. The van der Waals surface area contributed by atoms with E-state index in [0.717, 1.165) is 6.07 Å². The highest BCUT2D eigenvalue weighted by atomic mass is 35.5. The van der Waals surface area contributed by atoms with Crippen LogP contribution in [0, 0.1) is 0 Å². The van der Waals surface area contributed by atoms with Crippen LogP contribution in [-0.4, -0.2) is 17.5 Å². The third-order valence-electron chi connectivity index (χ3n) is 2.16. The Balaban J connectivity index is 3.55. The molecular formula is C9H6ClF6NO. The van der Waals surface area contributed by atoms with Gasteiger partial charge in [0.15, 0.2) is 0 Å². The summed E-state index contributed by atoms with van der Waals surface area (Å²) in [6.07, 6.45) is -11.9. The van der Waals surface area contributed by atoms with E-state index in [1.807, 2.05) is 0 Å². The van der Waals surface area contributed by atoms with Crippen LogP contribution in [0.25, 0.3) is 0 Å². The van der Waals surface area contributed by atoms with Crippen LogP contribution in [0.5, 0.6) is 0 Å². The monoisotopic (exact) mass is 293 g/mol. The van der Waals surface area contributed by atoms with Gasteiger partial charge in [-0.2, -0.15) is 26.3 Å². The van der Waals surface area contributed by atoms with Crippen molar-refractivity contribution in [3.8, 4) is 0 Å². The first-order chi connectivity index (χ1) is 7.89. The predicted octanol–water partition coefficient (Wildman–Crippen LogP) is 3.23. The summed E-state index contributed by atoms with van der Waals surface area (Å²) in [6, 6.07) is 1.68. The molecule has 0 aliphatic heterocycles. The van der Waals surface area contributed by atoms with Gasteiger partial charge in [0, 0.05) is 16.3 Å². The van der Waals surface area contributed by atoms with E-state index in [0.29, 0.717) is 12.1 Å². The van der Waals surface area contributed by atoms with Crippen LogP contribution in [0.15, 0.2) is 18.2 Å². The van der Waals surface area contributed by atoms with E-state index >= 15 is 0 Å². The van der Waals surface area contributed by atoms with Crippen molar-refractivity contribution in [1.29, 1.82) is 0 Å². The molecular weight excluding hydrogens is 288 g/mol. The lowest BCUT2D eigenvalue weighted by atomic mass is 9.92. The number of nitrogens with two attached hydrogens (primary N) is 1. The number of hydrogen-bond donors (Lipinski definition) is 2. The second kappa shape index (κ2) is 4.20. The third-order valence-corrected chi connectivity index (χ3v) is 2.38. The molecule has 1 rings (SSSR count). The first kappa shape index (κ1) is 14.9. The standard InChI is InChI=1S/C9H6ClF6NO/c10-5-1-4(2-6(17)3-5)7(18,8(11,12)13)9(14,15)16/h1-3,18H,17H2. The molecule has 0 aliphatic carbocycles. The maximum atomic E-state index is 12.5. The number of benzene rings is 1. The summed E-state index contributed by atoms with van der Waals surface area (Å²) in [5.41, 5.74) is -1.81. The van der Waals surface area contributed by atoms with Gasteiger partial charge in [0.1, 0.15) is 0 Å². The molecule has 9 heteroatoms. The summed E-state index contributed by atoms with van der Waals surface area (Å²) in [4.78, 5) is 0. The summed E-state index contributed by atoms with van der Waals surface area (Å²) in [6.45, 7) is 0. The first-order valence-electron chi connectivity index (χ1n) is 4.32. The molecule has 0 fully saturated rings. The van der Waals surface area contributed by atoms with Crippen molar-refractivity contribution < 1.29 is 31.4 Å². The Hall–Kier alpha value is -1.15. The molecule has 0 aliphatic rings. The molecule has 0 bridgehead atoms. The minimum absolute atomic E-state index is 0.360. The van der Waals surface area contributed by atoms with Crippen LogP contribution < -0.4 is 5.73 Å².